The zero-order chi connectivity index (χ0) is 14.6. The second kappa shape index (κ2) is 6.40. The molecule has 1 aromatic rings. The maximum Gasteiger partial charge on any atom is 0.326 e. The Labute approximate surface area is 121 Å². The van der Waals surface area contributed by atoms with Gasteiger partial charge in [0.25, 0.3) is 0 Å². The lowest BCUT2D eigenvalue weighted by atomic mass is 9.71. The molecule has 3 nitrogen and oxygen atoms in total. The molecule has 1 aromatic carbocycles. The highest BCUT2D eigenvalue weighted by Crippen LogP contribution is 2.37. The van der Waals surface area contributed by atoms with Crippen molar-refractivity contribution >= 4 is 5.97 Å². The number of carbonyl (C=O) groups excluding carboxylic acids is 1. The Morgan fingerprint density at radius 2 is 1.85 bits per heavy atom. The van der Waals surface area contributed by atoms with Crippen molar-refractivity contribution < 1.29 is 9.53 Å². The van der Waals surface area contributed by atoms with Crippen molar-refractivity contribution in [3.8, 4) is 0 Å². The molecule has 0 aromatic heterocycles. The van der Waals surface area contributed by atoms with Crippen LogP contribution in [-0.2, 0) is 16.1 Å². The van der Waals surface area contributed by atoms with Crippen molar-refractivity contribution in [3.63, 3.8) is 0 Å². The first-order chi connectivity index (χ1) is 9.55. The van der Waals surface area contributed by atoms with E-state index in [9.17, 15) is 4.79 Å². The summed E-state index contributed by atoms with van der Waals surface area (Å²) in [6, 6.07) is 10.2. The van der Waals surface area contributed by atoms with E-state index < -0.39 is 5.54 Å². The summed E-state index contributed by atoms with van der Waals surface area (Å²) < 4.78 is 5.08. The summed E-state index contributed by atoms with van der Waals surface area (Å²) in [6.45, 7) is 5.14. The molecule has 0 bridgehead atoms. The molecule has 0 amide bonds. The lowest BCUT2D eigenvalue weighted by molar-refractivity contribution is -0.152. The van der Waals surface area contributed by atoms with Crippen LogP contribution >= 0.6 is 0 Å². The Balaban J connectivity index is 2.13. The molecule has 2 unspecified atom stereocenters. The third-order valence-corrected chi connectivity index (χ3v) is 4.25. The number of benzene rings is 1. The van der Waals surface area contributed by atoms with Crippen molar-refractivity contribution in [2.45, 2.75) is 45.2 Å². The summed E-state index contributed by atoms with van der Waals surface area (Å²) in [5.74, 6) is 0.967. The maximum absolute atomic E-state index is 12.3. The molecule has 20 heavy (non-hydrogen) atoms. The van der Waals surface area contributed by atoms with Gasteiger partial charge in [-0.1, -0.05) is 44.2 Å². The SMILES string of the molecule is COC(=O)C1(NCc2ccccc2)CC(C)CC(C)C1. The molecular formula is C17H25NO2. The largest absolute Gasteiger partial charge is 0.468 e. The van der Waals surface area contributed by atoms with Crippen LogP contribution in [0.1, 0.15) is 38.7 Å². The zero-order valence-corrected chi connectivity index (χ0v) is 12.7. The molecule has 0 spiro atoms. The van der Waals surface area contributed by atoms with E-state index in [0.29, 0.717) is 18.4 Å². The van der Waals surface area contributed by atoms with E-state index in [1.165, 1.54) is 19.1 Å². The van der Waals surface area contributed by atoms with Gasteiger partial charge in [-0.15, -0.1) is 0 Å². The van der Waals surface area contributed by atoms with Crippen LogP contribution in [0.5, 0.6) is 0 Å². The molecular weight excluding hydrogens is 250 g/mol. The van der Waals surface area contributed by atoms with E-state index in [1.54, 1.807) is 0 Å². The summed E-state index contributed by atoms with van der Waals surface area (Å²) in [4.78, 5) is 12.3. The Morgan fingerprint density at radius 3 is 2.40 bits per heavy atom. The minimum Gasteiger partial charge on any atom is -0.468 e. The number of ether oxygens (including phenoxy) is 1. The first kappa shape index (κ1) is 15.0. The lowest BCUT2D eigenvalue weighted by Crippen LogP contribution is -2.56. The average Bonchev–Trinajstić information content (AvgIpc) is 2.44. The molecule has 1 saturated carbocycles. The van der Waals surface area contributed by atoms with Gasteiger partial charge in [-0.25, -0.2) is 0 Å². The number of hydrogen-bond acceptors (Lipinski definition) is 3. The highest BCUT2D eigenvalue weighted by Gasteiger charge is 2.44. The monoisotopic (exact) mass is 275 g/mol. The summed E-state index contributed by atoms with van der Waals surface area (Å²) in [7, 11) is 1.48. The number of rotatable bonds is 4. The topological polar surface area (TPSA) is 38.3 Å². The van der Waals surface area contributed by atoms with Crippen LogP contribution < -0.4 is 5.32 Å². The molecule has 0 saturated heterocycles. The quantitative estimate of drug-likeness (QED) is 0.858. The van der Waals surface area contributed by atoms with Gasteiger partial charge in [0.1, 0.15) is 5.54 Å². The third-order valence-electron chi connectivity index (χ3n) is 4.25. The lowest BCUT2D eigenvalue weighted by Gasteiger charge is -2.41. The predicted octanol–water partition coefficient (Wildman–Crippen LogP) is 3.14. The van der Waals surface area contributed by atoms with Gasteiger partial charge in [-0.3, -0.25) is 10.1 Å². The van der Waals surface area contributed by atoms with E-state index >= 15 is 0 Å². The second-order valence-electron chi connectivity index (χ2n) is 6.27. The highest BCUT2D eigenvalue weighted by molar-refractivity contribution is 5.81. The van der Waals surface area contributed by atoms with Crippen LogP contribution in [0.15, 0.2) is 30.3 Å². The van der Waals surface area contributed by atoms with E-state index in [2.05, 4.69) is 31.3 Å². The smallest absolute Gasteiger partial charge is 0.326 e. The Kier molecular flexibility index (Phi) is 4.81. The predicted molar refractivity (Wildman–Crippen MR) is 80.2 cm³/mol. The van der Waals surface area contributed by atoms with Crippen LogP contribution in [0.3, 0.4) is 0 Å². The van der Waals surface area contributed by atoms with Crippen LogP contribution in [0.4, 0.5) is 0 Å². The van der Waals surface area contributed by atoms with Crippen LogP contribution in [0.2, 0.25) is 0 Å². The van der Waals surface area contributed by atoms with Crippen LogP contribution in [0, 0.1) is 11.8 Å². The molecule has 2 rings (SSSR count). The molecule has 0 radical (unpaired) electrons. The van der Waals surface area contributed by atoms with Gasteiger partial charge in [0, 0.05) is 6.54 Å². The van der Waals surface area contributed by atoms with Gasteiger partial charge in [0.15, 0.2) is 0 Å². The van der Waals surface area contributed by atoms with Gasteiger partial charge in [0.2, 0.25) is 0 Å². The van der Waals surface area contributed by atoms with E-state index in [-0.39, 0.29) is 5.97 Å². The molecule has 1 N–H and O–H groups in total. The highest BCUT2D eigenvalue weighted by atomic mass is 16.5. The molecule has 2 atom stereocenters. The fraction of sp³-hybridized carbons (Fsp3) is 0.588. The van der Waals surface area contributed by atoms with E-state index in [0.717, 1.165) is 12.8 Å². The van der Waals surface area contributed by atoms with Crippen molar-refractivity contribution in [1.29, 1.82) is 0 Å². The van der Waals surface area contributed by atoms with Gasteiger partial charge in [-0.05, 0) is 36.7 Å². The van der Waals surface area contributed by atoms with Gasteiger partial charge in [0.05, 0.1) is 7.11 Å². The normalized spacial score (nSPS) is 29.9. The molecule has 1 fully saturated rings. The zero-order valence-electron chi connectivity index (χ0n) is 12.7. The van der Waals surface area contributed by atoms with E-state index in [4.69, 9.17) is 4.74 Å². The fourth-order valence-electron chi connectivity index (χ4n) is 3.57. The van der Waals surface area contributed by atoms with Crippen molar-refractivity contribution in [2.24, 2.45) is 11.8 Å². The van der Waals surface area contributed by atoms with Crippen LogP contribution in [0.25, 0.3) is 0 Å². The summed E-state index contributed by atoms with van der Waals surface area (Å²) in [6.07, 6.45) is 2.90. The number of methoxy groups -OCH3 is 1. The Bertz CT molecular complexity index is 434. The second-order valence-corrected chi connectivity index (χ2v) is 6.27. The number of esters is 1. The minimum atomic E-state index is -0.526. The standard InChI is InChI=1S/C17H25NO2/c1-13-9-14(2)11-17(10-13,16(19)20-3)18-12-15-7-5-4-6-8-15/h4-8,13-14,18H,9-12H2,1-3H3. The van der Waals surface area contributed by atoms with Crippen LogP contribution in [-0.4, -0.2) is 18.6 Å². The molecule has 0 aliphatic heterocycles. The number of carbonyl (C=O) groups is 1. The van der Waals surface area contributed by atoms with E-state index in [1.807, 2.05) is 18.2 Å². The molecule has 3 heteroatoms. The van der Waals surface area contributed by atoms with Gasteiger partial charge >= 0.3 is 5.97 Å². The first-order valence-electron chi connectivity index (χ1n) is 7.43. The summed E-state index contributed by atoms with van der Waals surface area (Å²) >= 11 is 0. The molecule has 1 aliphatic carbocycles. The molecule has 110 valence electrons. The number of nitrogens with one attached hydrogen (secondary N) is 1. The molecule has 0 heterocycles. The maximum atomic E-state index is 12.3. The molecule has 1 aliphatic rings. The van der Waals surface area contributed by atoms with Crippen molar-refractivity contribution in [2.75, 3.05) is 7.11 Å². The Hall–Kier alpha value is -1.35. The van der Waals surface area contributed by atoms with Gasteiger partial charge in [-0.2, -0.15) is 0 Å². The van der Waals surface area contributed by atoms with Crippen molar-refractivity contribution in [3.05, 3.63) is 35.9 Å². The number of hydrogen-bond donors (Lipinski definition) is 1. The minimum absolute atomic E-state index is 0.119. The summed E-state index contributed by atoms with van der Waals surface area (Å²) in [5.41, 5.74) is 0.670. The fourth-order valence-corrected chi connectivity index (χ4v) is 3.57. The first-order valence-corrected chi connectivity index (χ1v) is 7.43. The van der Waals surface area contributed by atoms with Gasteiger partial charge < -0.3 is 4.74 Å². The summed E-state index contributed by atoms with van der Waals surface area (Å²) in [5, 5.41) is 3.49. The third kappa shape index (κ3) is 3.40. The van der Waals surface area contributed by atoms with Crippen molar-refractivity contribution in [1.82, 2.24) is 5.32 Å². The Morgan fingerprint density at radius 1 is 1.25 bits per heavy atom. The average molecular weight is 275 g/mol.